The number of carbonyl (C=O) groups is 4. The van der Waals surface area contributed by atoms with Crippen LogP contribution in [0, 0.1) is 11.2 Å². The molecule has 1 aromatic carbocycles. The van der Waals surface area contributed by atoms with Crippen molar-refractivity contribution in [2.24, 2.45) is 5.41 Å². The number of anilines is 1. The summed E-state index contributed by atoms with van der Waals surface area (Å²) in [4.78, 5) is 51.7. The zero-order valence-electron chi connectivity index (χ0n) is 20.4. The molecule has 3 aliphatic rings. The Labute approximate surface area is 213 Å². The van der Waals surface area contributed by atoms with Gasteiger partial charge in [0, 0.05) is 20.0 Å². The minimum absolute atomic E-state index is 0.0982. The molecule has 2 fully saturated rings. The van der Waals surface area contributed by atoms with Crippen LogP contribution < -0.4 is 25.6 Å². The number of benzene rings is 1. The molecule has 6 rings (SSSR count). The quantitative estimate of drug-likeness (QED) is 0.404. The van der Waals surface area contributed by atoms with Crippen LogP contribution in [0.4, 0.5) is 19.7 Å². The Kier molecular flexibility index (Phi) is 5.17. The fourth-order valence-electron chi connectivity index (χ4n) is 5.73. The van der Waals surface area contributed by atoms with Crippen LogP contribution in [0.3, 0.4) is 0 Å². The molecule has 5 amide bonds. The number of morpholine rings is 1. The highest BCUT2D eigenvalue weighted by atomic mass is 19.1. The minimum atomic E-state index is -1.77. The Morgan fingerprint density at radius 3 is 2.71 bits per heavy atom. The molecule has 0 radical (unpaired) electrons. The molecule has 3 aliphatic heterocycles. The van der Waals surface area contributed by atoms with Gasteiger partial charge in [-0.25, -0.2) is 18.7 Å². The Balaban J connectivity index is 1.52. The topological polar surface area (TPSA) is 170 Å². The standard InChI is InChI=1S/C23H22FN7O7/c1-9-7-30-15-11(5-23(17(30)10(2)36-9)19(32)27-21(34)28-20(23)33)4-13-16(14(15)24)38-29-18(13)31-8-12(6-26-31)37-22(35)25-3/h4,6,8-10,17H,5,7H2,1-3H3,(H,25,35)(H2,27,28,32,33,34)/t9-,10+,17-/m1/s1. The average molecular weight is 527 g/mol. The number of halogens is 1. The number of rotatable bonds is 2. The number of hydrogen-bond donors (Lipinski definition) is 3. The fraction of sp³-hybridized carbons (Fsp3) is 0.391. The van der Waals surface area contributed by atoms with Crippen LogP contribution in [-0.2, 0) is 20.7 Å². The molecule has 14 nitrogen and oxygen atoms in total. The van der Waals surface area contributed by atoms with Crippen LogP contribution in [-0.4, -0.2) is 70.7 Å². The van der Waals surface area contributed by atoms with E-state index < -0.39 is 47.3 Å². The van der Waals surface area contributed by atoms with E-state index in [1.165, 1.54) is 24.1 Å². The number of barbiturate groups is 1. The molecule has 2 aromatic heterocycles. The van der Waals surface area contributed by atoms with Gasteiger partial charge in [-0.2, -0.15) is 5.10 Å². The fourth-order valence-corrected chi connectivity index (χ4v) is 5.73. The molecule has 0 aliphatic carbocycles. The second-order valence-electron chi connectivity index (χ2n) is 9.48. The first kappa shape index (κ1) is 23.8. The maximum atomic E-state index is 16.2. The molecule has 3 N–H and O–H groups in total. The first-order valence-corrected chi connectivity index (χ1v) is 11.8. The van der Waals surface area contributed by atoms with Gasteiger partial charge in [0.05, 0.1) is 41.7 Å². The Bertz CT molecular complexity index is 1510. The zero-order chi connectivity index (χ0) is 26.9. The van der Waals surface area contributed by atoms with Crippen molar-refractivity contribution in [3.05, 3.63) is 29.8 Å². The second-order valence-corrected chi connectivity index (χ2v) is 9.48. The molecule has 2 saturated heterocycles. The van der Waals surface area contributed by atoms with Crippen molar-refractivity contribution in [3.63, 3.8) is 0 Å². The molecule has 5 heterocycles. The molecule has 3 aromatic rings. The zero-order valence-corrected chi connectivity index (χ0v) is 20.4. The van der Waals surface area contributed by atoms with Gasteiger partial charge in [0.25, 0.3) is 0 Å². The lowest BCUT2D eigenvalue weighted by Crippen LogP contribution is -2.75. The third-order valence-electron chi connectivity index (χ3n) is 7.14. The van der Waals surface area contributed by atoms with Gasteiger partial charge in [-0.15, -0.1) is 0 Å². The minimum Gasteiger partial charge on any atom is -0.407 e. The molecule has 198 valence electrons. The second kappa shape index (κ2) is 8.24. The highest BCUT2D eigenvalue weighted by Gasteiger charge is 2.63. The number of nitrogens with zero attached hydrogens (tertiary/aromatic N) is 4. The van der Waals surface area contributed by atoms with Gasteiger partial charge >= 0.3 is 12.1 Å². The number of ether oxygens (including phenoxy) is 2. The first-order valence-electron chi connectivity index (χ1n) is 11.8. The predicted molar refractivity (Wildman–Crippen MR) is 125 cm³/mol. The Morgan fingerprint density at radius 2 is 2.00 bits per heavy atom. The van der Waals surface area contributed by atoms with Crippen molar-refractivity contribution in [2.75, 3.05) is 18.5 Å². The number of fused-ring (bicyclic) bond motifs is 5. The monoisotopic (exact) mass is 527 g/mol. The molecular formula is C23H22FN7O7. The summed E-state index contributed by atoms with van der Waals surface area (Å²) in [5, 5.41) is 15.0. The van der Waals surface area contributed by atoms with Crippen LogP contribution >= 0.6 is 0 Å². The van der Waals surface area contributed by atoms with Gasteiger partial charge in [-0.3, -0.25) is 20.2 Å². The number of urea groups is 1. The van der Waals surface area contributed by atoms with Crippen LogP contribution in [0.1, 0.15) is 19.4 Å². The normalized spacial score (nSPS) is 24.1. The van der Waals surface area contributed by atoms with Gasteiger partial charge < -0.3 is 24.2 Å². The molecular weight excluding hydrogens is 505 g/mol. The number of imide groups is 2. The molecule has 0 saturated carbocycles. The molecule has 3 atom stereocenters. The summed E-state index contributed by atoms with van der Waals surface area (Å²) in [7, 11) is 1.40. The number of amides is 5. The lowest BCUT2D eigenvalue weighted by atomic mass is 9.66. The summed E-state index contributed by atoms with van der Waals surface area (Å²) < 4.78 is 33.8. The van der Waals surface area contributed by atoms with E-state index in [1.807, 2.05) is 0 Å². The van der Waals surface area contributed by atoms with Crippen LogP contribution in [0.25, 0.3) is 16.8 Å². The number of aromatic nitrogens is 3. The van der Waals surface area contributed by atoms with Crippen molar-refractivity contribution >= 4 is 40.6 Å². The van der Waals surface area contributed by atoms with E-state index in [4.69, 9.17) is 14.0 Å². The van der Waals surface area contributed by atoms with Crippen molar-refractivity contribution in [2.45, 2.75) is 38.5 Å². The Hall–Kier alpha value is -4.53. The van der Waals surface area contributed by atoms with E-state index in [9.17, 15) is 19.2 Å². The SMILES string of the molecule is CNC(=O)Oc1cnn(-c2noc3c(F)c4c(cc23)CC2(C(=O)NC(=O)NC2=O)[C@H]2[C@H](C)O[C@H](C)CN42)c1. The van der Waals surface area contributed by atoms with Crippen molar-refractivity contribution in [3.8, 4) is 11.6 Å². The number of hydrogen-bond acceptors (Lipinski definition) is 10. The van der Waals surface area contributed by atoms with Gasteiger partial charge in [0.1, 0.15) is 0 Å². The summed E-state index contributed by atoms with van der Waals surface area (Å²) >= 11 is 0. The highest BCUT2D eigenvalue weighted by Crippen LogP contribution is 2.49. The van der Waals surface area contributed by atoms with Crippen LogP contribution in [0.2, 0.25) is 0 Å². The van der Waals surface area contributed by atoms with Gasteiger partial charge in [-0.1, -0.05) is 5.16 Å². The van der Waals surface area contributed by atoms with E-state index in [0.29, 0.717) is 5.56 Å². The first-order chi connectivity index (χ1) is 18.1. The largest absolute Gasteiger partial charge is 0.412 e. The predicted octanol–water partition coefficient (Wildman–Crippen LogP) is 0.762. The van der Waals surface area contributed by atoms with Crippen LogP contribution in [0.15, 0.2) is 23.0 Å². The lowest BCUT2D eigenvalue weighted by molar-refractivity contribution is -0.153. The summed E-state index contributed by atoms with van der Waals surface area (Å²) in [6, 6.07) is -0.235. The number of nitrogens with one attached hydrogen (secondary N) is 3. The summed E-state index contributed by atoms with van der Waals surface area (Å²) in [6.45, 7) is 3.69. The highest BCUT2D eigenvalue weighted by molar-refractivity contribution is 6.20. The average Bonchev–Trinajstić information content (AvgIpc) is 3.48. The van der Waals surface area contributed by atoms with Gasteiger partial charge in [0.15, 0.2) is 17.0 Å². The van der Waals surface area contributed by atoms with Gasteiger partial charge in [-0.05, 0) is 25.5 Å². The molecule has 15 heteroatoms. The van der Waals surface area contributed by atoms with Crippen molar-refractivity contribution < 1.29 is 37.6 Å². The van der Waals surface area contributed by atoms with E-state index in [0.717, 1.165) is 0 Å². The van der Waals surface area contributed by atoms with Gasteiger partial charge in [0.2, 0.25) is 23.2 Å². The van der Waals surface area contributed by atoms with E-state index >= 15 is 4.39 Å². The summed E-state index contributed by atoms with van der Waals surface area (Å²) in [5.74, 6) is -2.09. The maximum Gasteiger partial charge on any atom is 0.412 e. The van der Waals surface area contributed by atoms with Crippen LogP contribution in [0.5, 0.6) is 5.75 Å². The smallest absolute Gasteiger partial charge is 0.407 e. The van der Waals surface area contributed by atoms with Crippen molar-refractivity contribution in [1.82, 2.24) is 30.9 Å². The molecule has 1 spiro atoms. The lowest BCUT2D eigenvalue weighted by Gasteiger charge is -2.55. The van der Waals surface area contributed by atoms with E-state index in [2.05, 4.69) is 26.2 Å². The third-order valence-corrected chi connectivity index (χ3v) is 7.14. The maximum absolute atomic E-state index is 16.2. The Morgan fingerprint density at radius 1 is 1.26 bits per heavy atom. The van der Waals surface area contributed by atoms with Crippen molar-refractivity contribution in [1.29, 1.82) is 0 Å². The summed E-state index contributed by atoms with van der Waals surface area (Å²) in [6.07, 6.45) is 0.724. The molecule has 0 bridgehead atoms. The third kappa shape index (κ3) is 3.27. The molecule has 0 unspecified atom stereocenters. The molecule has 38 heavy (non-hydrogen) atoms. The summed E-state index contributed by atoms with van der Waals surface area (Å²) in [5.41, 5.74) is -1.42. The number of carbonyl (C=O) groups excluding carboxylic acids is 4. The van der Waals surface area contributed by atoms with E-state index in [1.54, 1.807) is 24.8 Å². The van der Waals surface area contributed by atoms with E-state index in [-0.39, 0.29) is 47.3 Å².